The molecule has 0 spiro atoms. The Kier molecular flexibility index (Phi) is 10.3. The van der Waals surface area contributed by atoms with Crippen LogP contribution in [0.3, 0.4) is 0 Å². The van der Waals surface area contributed by atoms with Gasteiger partial charge in [0.05, 0.1) is 12.7 Å². The molecule has 2 rings (SSSR count). The first-order chi connectivity index (χ1) is 12.3. The molecule has 0 aromatic carbocycles. The summed E-state index contributed by atoms with van der Waals surface area (Å²) < 4.78 is 6.04. The van der Waals surface area contributed by atoms with Crippen LogP contribution < -0.4 is 10.6 Å². The fourth-order valence-corrected chi connectivity index (χ4v) is 4.00. The second-order valence-electron chi connectivity index (χ2n) is 7.65. The summed E-state index contributed by atoms with van der Waals surface area (Å²) in [4.78, 5) is 6.94. The molecular weight excluding hydrogens is 312 g/mol. The normalized spacial score (nSPS) is 21.9. The van der Waals surface area contributed by atoms with Crippen LogP contribution in [0.15, 0.2) is 4.99 Å². The van der Waals surface area contributed by atoms with Gasteiger partial charge in [0.2, 0.25) is 0 Å². The number of hydrogen-bond acceptors (Lipinski definition) is 3. The van der Waals surface area contributed by atoms with Crippen LogP contribution in [0.1, 0.15) is 64.7 Å². The molecule has 0 amide bonds. The average molecular weight is 353 g/mol. The highest BCUT2D eigenvalue weighted by atomic mass is 16.5. The van der Waals surface area contributed by atoms with E-state index in [-0.39, 0.29) is 0 Å². The Bertz CT molecular complexity index is 359. The molecule has 146 valence electrons. The van der Waals surface area contributed by atoms with Gasteiger partial charge in [0.25, 0.3) is 0 Å². The predicted molar refractivity (Wildman–Crippen MR) is 106 cm³/mol. The minimum atomic E-state index is 0.479. The number of nitrogens with zero attached hydrogens (tertiary/aromatic N) is 2. The first-order valence-electron chi connectivity index (χ1n) is 10.6. The summed E-state index contributed by atoms with van der Waals surface area (Å²) in [5.74, 6) is 1.69. The predicted octanol–water partition coefficient (Wildman–Crippen LogP) is 3.01. The lowest BCUT2D eigenvalue weighted by atomic mass is 9.97. The number of ether oxygens (including phenoxy) is 1. The largest absolute Gasteiger partial charge is 0.376 e. The molecule has 1 heterocycles. The Hall–Kier alpha value is -0.810. The van der Waals surface area contributed by atoms with Gasteiger partial charge in [0, 0.05) is 20.1 Å². The number of rotatable bonds is 8. The van der Waals surface area contributed by atoms with Gasteiger partial charge in [-0.15, -0.1) is 0 Å². The molecule has 25 heavy (non-hydrogen) atoms. The van der Waals surface area contributed by atoms with Crippen LogP contribution in [0.4, 0.5) is 0 Å². The number of aliphatic imine (C=N–C) groups is 1. The molecule has 0 unspecified atom stereocenters. The molecule has 5 nitrogen and oxygen atoms in total. The Labute approximate surface area is 155 Å². The highest BCUT2D eigenvalue weighted by Gasteiger charge is 2.18. The maximum absolute atomic E-state index is 6.04. The summed E-state index contributed by atoms with van der Waals surface area (Å²) in [5, 5.41) is 6.90. The van der Waals surface area contributed by atoms with Gasteiger partial charge in [0.1, 0.15) is 0 Å². The monoisotopic (exact) mass is 352 g/mol. The summed E-state index contributed by atoms with van der Waals surface area (Å²) >= 11 is 0. The minimum Gasteiger partial charge on any atom is -0.376 e. The quantitative estimate of drug-likeness (QED) is 0.305. The lowest BCUT2D eigenvalue weighted by Crippen LogP contribution is -2.43. The van der Waals surface area contributed by atoms with Crippen molar-refractivity contribution >= 4 is 5.96 Å². The third-order valence-corrected chi connectivity index (χ3v) is 5.58. The molecule has 2 N–H and O–H groups in total. The van der Waals surface area contributed by atoms with Gasteiger partial charge in [0.15, 0.2) is 5.96 Å². The smallest absolute Gasteiger partial charge is 0.191 e. The molecule has 1 saturated heterocycles. The fourth-order valence-electron chi connectivity index (χ4n) is 4.00. The van der Waals surface area contributed by atoms with Gasteiger partial charge < -0.3 is 20.3 Å². The van der Waals surface area contributed by atoms with Crippen molar-refractivity contribution in [1.82, 2.24) is 15.5 Å². The fraction of sp³-hybridized carbons (Fsp3) is 0.950. The highest BCUT2D eigenvalue weighted by molar-refractivity contribution is 5.79. The van der Waals surface area contributed by atoms with E-state index in [9.17, 15) is 0 Å². The van der Waals surface area contributed by atoms with E-state index in [2.05, 4.69) is 27.4 Å². The van der Waals surface area contributed by atoms with Crippen molar-refractivity contribution in [3.8, 4) is 0 Å². The third-order valence-electron chi connectivity index (χ3n) is 5.58. The maximum atomic E-state index is 6.04. The molecule has 1 aliphatic heterocycles. The van der Waals surface area contributed by atoms with Crippen molar-refractivity contribution in [3.63, 3.8) is 0 Å². The molecule has 1 aliphatic carbocycles. The summed E-state index contributed by atoms with van der Waals surface area (Å²) in [6.45, 7) is 8.67. The van der Waals surface area contributed by atoms with Crippen LogP contribution in [0.5, 0.6) is 0 Å². The van der Waals surface area contributed by atoms with Crippen molar-refractivity contribution < 1.29 is 4.74 Å². The molecule has 1 saturated carbocycles. The van der Waals surface area contributed by atoms with E-state index >= 15 is 0 Å². The molecule has 0 aromatic rings. The molecule has 5 heteroatoms. The van der Waals surface area contributed by atoms with Gasteiger partial charge in [-0.2, -0.15) is 0 Å². The van der Waals surface area contributed by atoms with Gasteiger partial charge in [-0.3, -0.25) is 4.99 Å². The topological polar surface area (TPSA) is 48.9 Å². The Morgan fingerprint density at radius 1 is 1.04 bits per heavy atom. The van der Waals surface area contributed by atoms with Crippen LogP contribution in [0.25, 0.3) is 0 Å². The average Bonchev–Trinajstić information content (AvgIpc) is 2.91. The molecule has 0 atom stereocenters. The van der Waals surface area contributed by atoms with E-state index in [4.69, 9.17) is 4.74 Å². The van der Waals surface area contributed by atoms with Crippen molar-refractivity contribution in [2.45, 2.75) is 70.8 Å². The standard InChI is InChI=1S/C20H40N4O/c1-3-13-24-14-10-18(11-15-24)17-23-20(21-2)22-12-16-25-19-8-6-4-5-7-9-19/h18-19H,3-17H2,1-2H3,(H2,21,22,23). The first kappa shape index (κ1) is 20.5. The second kappa shape index (κ2) is 12.5. The molecule has 0 aromatic heterocycles. The van der Waals surface area contributed by atoms with Crippen molar-refractivity contribution in [2.75, 3.05) is 46.4 Å². The third kappa shape index (κ3) is 8.41. The SMILES string of the molecule is CCCN1CCC(CNC(=NC)NCCOC2CCCCCC2)CC1. The first-order valence-corrected chi connectivity index (χ1v) is 10.6. The van der Waals surface area contributed by atoms with Crippen LogP contribution in [0, 0.1) is 5.92 Å². The zero-order valence-electron chi connectivity index (χ0n) is 16.6. The number of guanidine groups is 1. The number of nitrogens with one attached hydrogen (secondary N) is 2. The van der Waals surface area contributed by atoms with Crippen LogP contribution >= 0.6 is 0 Å². The van der Waals surface area contributed by atoms with Crippen LogP contribution in [-0.2, 0) is 4.74 Å². The van der Waals surface area contributed by atoms with E-state index < -0.39 is 0 Å². The minimum absolute atomic E-state index is 0.479. The van der Waals surface area contributed by atoms with Gasteiger partial charge in [-0.05, 0) is 57.7 Å². The van der Waals surface area contributed by atoms with E-state index in [1.54, 1.807) is 0 Å². The summed E-state index contributed by atoms with van der Waals surface area (Å²) in [7, 11) is 1.85. The number of hydrogen-bond donors (Lipinski definition) is 2. The Morgan fingerprint density at radius 3 is 2.40 bits per heavy atom. The Morgan fingerprint density at radius 2 is 1.76 bits per heavy atom. The highest BCUT2D eigenvalue weighted by Crippen LogP contribution is 2.19. The number of likely N-dealkylation sites (tertiary alicyclic amines) is 1. The van der Waals surface area contributed by atoms with Crippen molar-refractivity contribution in [2.24, 2.45) is 10.9 Å². The van der Waals surface area contributed by atoms with Crippen LogP contribution in [0.2, 0.25) is 0 Å². The van der Waals surface area contributed by atoms with E-state index in [0.717, 1.165) is 31.6 Å². The van der Waals surface area contributed by atoms with E-state index in [1.807, 2.05) is 7.05 Å². The zero-order chi connectivity index (χ0) is 17.7. The lowest BCUT2D eigenvalue weighted by Gasteiger charge is -2.32. The van der Waals surface area contributed by atoms with Gasteiger partial charge in [-0.25, -0.2) is 0 Å². The maximum Gasteiger partial charge on any atom is 0.191 e. The summed E-state index contributed by atoms with van der Waals surface area (Å²) in [5.41, 5.74) is 0. The van der Waals surface area contributed by atoms with Gasteiger partial charge >= 0.3 is 0 Å². The molecule has 0 radical (unpaired) electrons. The van der Waals surface area contributed by atoms with Gasteiger partial charge in [-0.1, -0.05) is 32.6 Å². The molecule has 2 aliphatic rings. The Balaban J connectivity index is 1.53. The summed E-state index contributed by atoms with van der Waals surface area (Å²) in [6.07, 6.45) is 12.3. The van der Waals surface area contributed by atoms with E-state index in [1.165, 1.54) is 77.4 Å². The lowest BCUT2D eigenvalue weighted by molar-refractivity contribution is 0.0468. The van der Waals surface area contributed by atoms with Crippen LogP contribution in [-0.4, -0.2) is 63.3 Å². The molecule has 0 bridgehead atoms. The van der Waals surface area contributed by atoms with E-state index in [0.29, 0.717) is 6.10 Å². The molecular formula is C20H40N4O. The number of piperidine rings is 1. The van der Waals surface area contributed by atoms with Crippen molar-refractivity contribution in [1.29, 1.82) is 0 Å². The summed E-state index contributed by atoms with van der Waals surface area (Å²) in [6, 6.07) is 0. The zero-order valence-corrected chi connectivity index (χ0v) is 16.6. The molecule has 2 fully saturated rings. The van der Waals surface area contributed by atoms with Crippen molar-refractivity contribution in [3.05, 3.63) is 0 Å². The second-order valence-corrected chi connectivity index (χ2v) is 7.65.